The number of likely N-dealkylation sites (N-methyl/N-ethyl adjacent to an activating group) is 1. The third kappa shape index (κ3) is 10.4. The van der Waals surface area contributed by atoms with Crippen LogP contribution in [-0.2, 0) is 46.8 Å². The van der Waals surface area contributed by atoms with Gasteiger partial charge in [0.15, 0.2) is 0 Å². The lowest BCUT2D eigenvalue weighted by molar-refractivity contribution is -0.126. The molecule has 1 aromatic carbocycles. The van der Waals surface area contributed by atoms with Crippen LogP contribution in [0.1, 0.15) is 98.1 Å². The molecule has 2 aliphatic rings. The summed E-state index contributed by atoms with van der Waals surface area (Å²) in [5.74, 6) is 1.05. The van der Waals surface area contributed by atoms with E-state index in [1.54, 1.807) is 0 Å². The number of anilines is 1. The van der Waals surface area contributed by atoms with Crippen molar-refractivity contribution in [3.8, 4) is 0 Å². The molecule has 54 heavy (non-hydrogen) atoms. The van der Waals surface area contributed by atoms with Gasteiger partial charge in [0.2, 0.25) is 5.91 Å². The van der Waals surface area contributed by atoms with Crippen molar-refractivity contribution in [1.29, 1.82) is 0 Å². The average Bonchev–Trinajstić information content (AvgIpc) is 3.54. The predicted molar refractivity (Wildman–Crippen MR) is 211 cm³/mol. The Balaban J connectivity index is 1.03. The second-order valence-electron chi connectivity index (χ2n) is 15.1. The first-order valence-electron chi connectivity index (χ1n) is 19.9. The lowest BCUT2D eigenvalue weighted by Gasteiger charge is -2.35. The van der Waals surface area contributed by atoms with E-state index in [-0.39, 0.29) is 36.5 Å². The summed E-state index contributed by atoms with van der Waals surface area (Å²) in [7, 11) is 2.16. The first-order valence-corrected chi connectivity index (χ1v) is 19.9. The zero-order valence-corrected chi connectivity index (χ0v) is 32.1. The Kier molecular flexibility index (Phi) is 14.0. The fourth-order valence-corrected chi connectivity index (χ4v) is 7.96. The van der Waals surface area contributed by atoms with Crippen molar-refractivity contribution in [1.82, 2.24) is 29.5 Å². The number of hydrogen-bond donors (Lipinski definition) is 2. The number of benzene rings is 1. The van der Waals surface area contributed by atoms with E-state index < -0.39 is 0 Å². The minimum absolute atomic E-state index is 0.0143. The van der Waals surface area contributed by atoms with E-state index in [1.807, 2.05) is 30.5 Å². The Bertz CT molecular complexity index is 1870. The van der Waals surface area contributed by atoms with Crippen LogP contribution < -0.4 is 10.2 Å². The van der Waals surface area contributed by atoms with Gasteiger partial charge in [0.05, 0.1) is 36.2 Å². The van der Waals surface area contributed by atoms with Crippen molar-refractivity contribution in [3.63, 3.8) is 0 Å². The average molecular weight is 736 g/mol. The molecule has 4 heterocycles. The summed E-state index contributed by atoms with van der Waals surface area (Å²) in [4.78, 5) is 52.9. The quantitative estimate of drug-likeness (QED) is 0.0982. The van der Waals surface area contributed by atoms with E-state index in [4.69, 9.17) is 9.97 Å². The number of nitrogens with zero attached hydrogens (tertiary/aromatic N) is 6. The van der Waals surface area contributed by atoms with Crippen LogP contribution in [0.2, 0.25) is 0 Å². The van der Waals surface area contributed by atoms with E-state index in [9.17, 15) is 19.5 Å². The van der Waals surface area contributed by atoms with E-state index >= 15 is 0 Å². The molecule has 1 aliphatic heterocycles. The zero-order chi connectivity index (χ0) is 37.9. The SMILES string of the molecule is CC(=O)CC(=O)CCc1ccc(CCCC(=O)NCCCCN(Cc2nc3cccc(N4CCN(C)CC4)n3c2CO)[C@H]2CCCc3cccnc32)cc1. The van der Waals surface area contributed by atoms with Crippen LogP contribution in [0.4, 0.5) is 5.82 Å². The van der Waals surface area contributed by atoms with Crippen LogP contribution in [0.15, 0.2) is 60.8 Å². The summed E-state index contributed by atoms with van der Waals surface area (Å²) in [6, 6.07) is 18.8. The molecule has 0 bridgehead atoms. The molecule has 1 aliphatic carbocycles. The van der Waals surface area contributed by atoms with Gasteiger partial charge in [0.25, 0.3) is 0 Å². The monoisotopic (exact) mass is 735 g/mol. The Morgan fingerprint density at radius 1 is 0.926 bits per heavy atom. The first kappa shape index (κ1) is 39.2. The lowest BCUT2D eigenvalue weighted by Crippen LogP contribution is -2.45. The van der Waals surface area contributed by atoms with Crippen molar-refractivity contribution >= 4 is 28.9 Å². The highest BCUT2D eigenvalue weighted by Gasteiger charge is 2.29. The molecule has 3 aromatic heterocycles. The Morgan fingerprint density at radius 2 is 1.70 bits per heavy atom. The topological polar surface area (TPSA) is 123 Å². The number of imidazole rings is 1. The van der Waals surface area contributed by atoms with Crippen LogP contribution in [-0.4, -0.2) is 93.1 Å². The number of amides is 1. The summed E-state index contributed by atoms with van der Waals surface area (Å²) in [5.41, 5.74) is 7.34. The van der Waals surface area contributed by atoms with Crippen molar-refractivity contribution in [2.45, 2.75) is 96.7 Å². The zero-order valence-electron chi connectivity index (χ0n) is 32.1. The number of rotatable bonds is 19. The number of carbonyl (C=O) groups excluding carboxylic acids is 3. The summed E-state index contributed by atoms with van der Waals surface area (Å²) in [6.45, 7) is 7.32. The van der Waals surface area contributed by atoms with Crippen LogP contribution >= 0.6 is 0 Å². The highest BCUT2D eigenvalue weighted by Crippen LogP contribution is 2.35. The van der Waals surface area contributed by atoms with Gasteiger partial charge in [0.1, 0.15) is 23.0 Å². The van der Waals surface area contributed by atoms with Crippen LogP contribution in [0.3, 0.4) is 0 Å². The maximum absolute atomic E-state index is 12.7. The molecule has 0 unspecified atom stereocenters. The standard InChI is InChI=1S/C43H57N7O4/c1-32(52)29-36(53)21-20-34-18-16-33(17-19-34)9-5-14-41(54)44-22-3-4-24-49(38-12-6-10-35-11-8-23-45-43(35)38)30-37-39(31-51)50-40(46-37)13-7-15-42(50)48-27-25-47(2)26-28-48/h7-8,11,13,15-19,23,38,51H,3-6,9-10,12,14,20-22,24-31H2,1-2H3,(H,44,54)/t38-/m0/s1. The smallest absolute Gasteiger partial charge is 0.220 e. The molecule has 1 amide bonds. The molecule has 0 radical (unpaired) electrons. The number of piperazine rings is 1. The normalized spacial score (nSPS) is 16.1. The summed E-state index contributed by atoms with van der Waals surface area (Å²) in [6.07, 6.45) is 9.96. The molecule has 6 rings (SSSR count). The number of carbonyl (C=O) groups is 3. The summed E-state index contributed by atoms with van der Waals surface area (Å²) >= 11 is 0. The lowest BCUT2D eigenvalue weighted by atomic mass is 9.90. The third-order valence-corrected chi connectivity index (χ3v) is 11.0. The number of hydrogen-bond acceptors (Lipinski definition) is 9. The van der Waals surface area contributed by atoms with Crippen LogP contribution in [0.5, 0.6) is 0 Å². The van der Waals surface area contributed by atoms with Gasteiger partial charge in [-0.3, -0.25) is 28.7 Å². The van der Waals surface area contributed by atoms with Crippen molar-refractivity contribution in [2.24, 2.45) is 0 Å². The van der Waals surface area contributed by atoms with Crippen molar-refractivity contribution in [2.75, 3.05) is 51.2 Å². The maximum atomic E-state index is 12.7. The van der Waals surface area contributed by atoms with Crippen LogP contribution in [0, 0.1) is 0 Å². The predicted octanol–water partition coefficient (Wildman–Crippen LogP) is 5.25. The molecule has 1 fully saturated rings. The number of aromatic nitrogens is 3. The molecule has 11 heteroatoms. The second kappa shape index (κ2) is 19.2. The first-order chi connectivity index (χ1) is 26.3. The summed E-state index contributed by atoms with van der Waals surface area (Å²) in [5, 5.41) is 13.9. The molecular formula is C43H57N7O4. The van der Waals surface area contributed by atoms with Gasteiger partial charge in [-0.25, -0.2) is 4.98 Å². The molecule has 288 valence electrons. The number of pyridine rings is 2. The molecule has 0 saturated carbocycles. The fourth-order valence-electron chi connectivity index (χ4n) is 7.96. The number of aliphatic hydroxyl groups excluding tert-OH is 1. The minimum atomic E-state index is -0.0893. The van der Waals surface area contributed by atoms with E-state index in [0.717, 1.165) is 112 Å². The Hall–Kier alpha value is -4.45. The van der Waals surface area contributed by atoms with Gasteiger partial charge in [-0.2, -0.15) is 0 Å². The van der Waals surface area contributed by atoms with Crippen molar-refractivity contribution in [3.05, 3.63) is 94.6 Å². The van der Waals surface area contributed by atoms with Gasteiger partial charge >= 0.3 is 0 Å². The molecule has 2 N–H and O–H groups in total. The number of unbranched alkanes of at least 4 members (excludes halogenated alkanes) is 1. The molecule has 0 spiro atoms. The van der Waals surface area contributed by atoms with Crippen molar-refractivity contribution < 1.29 is 19.5 Å². The van der Waals surface area contributed by atoms with Crippen LogP contribution in [0.25, 0.3) is 5.65 Å². The fraction of sp³-hybridized carbons (Fsp3) is 0.512. The molecule has 4 aromatic rings. The van der Waals surface area contributed by atoms with Gasteiger partial charge in [-0.15, -0.1) is 0 Å². The molecule has 1 saturated heterocycles. The summed E-state index contributed by atoms with van der Waals surface area (Å²) < 4.78 is 2.15. The second-order valence-corrected chi connectivity index (χ2v) is 15.1. The van der Waals surface area contributed by atoms with E-state index in [1.165, 1.54) is 18.1 Å². The van der Waals surface area contributed by atoms with Gasteiger partial charge in [-0.1, -0.05) is 36.4 Å². The highest BCUT2D eigenvalue weighted by molar-refractivity contribution is 5.97. The number of nitrogens with one attached hydrogen (secondary N) is 1. The molecule has 11 nitrogen and oxygen atoms in total. The third-order valence-electron chi connectivity index (χ3n) is 11.0. The molecular weight excluding hydrogens is 679 g/mol. The number of aliphatic hydroxyl groups is 1. The number of fused-ring (bicyclic) bond motifs is 2. The Morgan fingerprint density at radius 3 is 2.46 bits per heavy atom. The van der Waals surface area contributed by atoms with E-state index in [2.05, 4.69) is 61.8 Å². The Labute approximate surface area is 319 Å². The highest BCUT2D eigenvalue weighted by atomic mass is 16.3. The number of Topliss-reactive ketones (excluding diaryl/α,β-unsaturated/α-hetero) is 2. The van der Waals surface area contributed by atoms with Gasteiger partial charge in [-0.05, 0) is 107 Å². The number of ketones is 2. The maximum Gasteiger partial charge on any atom is 0.220 e. The van der Waals surface area contributed by atoms with E-state index in [0.29, 0.717) is 32.4 Å². The minimum Gasteiger partial charge on any atom is -0.390 e. The largest absolute Gasteiger partial charge is 0.390 e. The van der Waals surface area contributed by atoms with Gasteiger partial charge in [0, 0.05) is 58.3 Å². The van der Waals surface area contributed by atoms with Gasteiger partial charge < -0.3 is 20.2 Å². The number of aryl methyl sites for hydroxylation is 3. The molecule has 1 atom stereocenters.